The molecule has 1 aromatic carbocycles. The van der Waals surface area contributed by atoms with Crippen LogP contribution in [0.3, 0.4) is 0 Å². The van der Waals surface area contributed by atoms with Crippen LogP contribution in [0.25, 0.3) is 0 Å². The number of hydrogen-bond donors (Lipinski definition) is 0. The van der Waals surface area contributed by atoms with E-state index in [2.05, 4.69) is 0 Å². The molecule has 1 rings (SSSR count). The number of carbonyl (C=O) groups is 1. The van der Waals surface area contributed by atoms with Crippen molar-refractivity contribution in [1.82, 2.24) is 0 Å². The molecule has 0 bridgehead atoms. The fourth-order valence-corrected chi connectivity index (χ4v) is 1.53. The maximum atomic E-state index is 11.4. The normalized spacial score (nSPS) is 16.2. The van der Waals surface area contributed by atoms with Crippen molar-refractivity contribution in [1.29, 1.82) is 0 Å². The van der Waals surface area contributed by atoms with Gasteiger partial charge in [0, 0.05) is 12.6 Å². The van der Waals surface area contributed by atoms with Crippen LogP contribution < -0.4 is 0 Å². The Morgan fingerprint density at radius 3 is 2.50 bits per heavy atom. The minimum Gasteiger partial charge on any atom is -0.575 e. The second-order valence-electron chi connectivity index (χ2n) is 4.19. The monoisotopic (exact) mass is 218 g/mol. The maximum Gasteiger partial charge on any atom is 0.359 e. The first-order valence-electron chi connectivity index (χ1n) is 5.23. The molecule has 0 aliphatic carbocycles. The lowest BCUT2D eigenvalue weighted by molar-refractivity contribution is -0.825. The number of carbonyl (C=O) groups excluding carboxylic acids is 1. The molecule has 4 heteroatoms. The van der Waals surface area contributed by atoms with Gasteiger partial charge in [0.05, 0.1) is 13.7 Å². The van der Waals surface area contributed by atoms with Crippen molar-refractivity contribution in [2.75, 3.05) is 14.2 Å². The largest absolute Gasteiger partial charge is 0.575 e. The molecule has 0 aliphatic heterocycles. The average Bonchev–Trinajstić information content (AvgIpc) is 2.27. The summed E-state index contributed by atoms with van der Waals surface area (Å²) in [6.07, 6.45) is 0. The highest BCUT2D eigenvalue weighted by Gasteiger charge is 2.22. The number of esters is 1. The van der Waals surface area contributed by atoms with Gasteiger partial charge in [-0.25, -0.2) is 12.8 Å². The first kappa shape index (κ1) is 12.8. The Labute approximate surface area is 98.0 Å². The molecular formula is C12H17BNO2. The fraction of sp³-hybridized carbons (Fsp3) is 0.417. The fourth-order valence-electron chi connectivity index (χ4n) is 1.53. The number of hydrogen-bond acceptors (Lipinski definition) is 2. The van der Waals surface area contributed by atoms with Crippen LogP contribution >= 0.6 is 0 Å². The highest BCUT2D eigenvalue weighted by Crippen LogP contribution is 2.13. The number of methoxy groups -OCH3 is 1. The van der Waals surface area contributed by atoms with E-state index in [1.807, 2.05) is 37.4 Å². The molecule has 85 valence electrons. The Kier molecular flexibility index (Phi) is 4.13. The topological polar surface area (TPSA) is 26.3 Å². The van der Waals surface area contributed by atoms with Crippen molar-refractivity contribution < 1.29 is 13.9 Å². The molecule has 1 aromatic rings. The van der Waals surface area contributed by atoms with Gasteiger partial charge in [-0.15, -0.1) is 0 Å². The minimum absolute atomic E-state index is 0.0939. The average molecular weight is 218 g/mol. The van der Waals surface area contributed by atoms with Gasteiger partial charge in [-0.05, 0) is 6.92 Å². The van der Waals surface area contributed by atoms with E-state index in [4.69, 9.17) is 12.7 Å². The molecule has 0 unspecified atom stereocenters. The molecule has 0 aromatic heterocycles. The first-order chi connectivity index (χ1) is 7.47. The molecule has 2 atom stereocenters. The third kappa shape index (κ3) is 3.10. The Morgan fingerprint density at radius 1 is 1.44 bits per heavy atom. The van der Waals surface area contributed by atoms with E-state index in [-0.39, 0.29) is 16.4 Å². The van der Waals surface area contributed by atoms with Gasteiger partial charge in [0.15, 0.2) is 0 Å². The van der Waals surface area contributed by atoms with Crippen LogP contribution in [0.2, 0.25) is 0 Å². The van der Waals surface area contributed by atoms with Crippen LogP contribution in [0.15, 0.2) is 30.3 Å². The molecule has 0 saturated carbocycles. The van der Waals surface area contributed by atoms with E-state index in [1.54, 1.807) is 6.92 Å². The zero-order valence-electron chi connectivity index (χ0n) is 10.0. The summed E-state index contributed by atoms with van der Waals surface area (Å²) in [4.78, 5) is 11.4. The summed E-state index contributed by atoms with van der Waals surface area (Å²) in [5.74, 6) is -0.291. The molecule has 16 heavy (non-hydrogen) atoms. The van der Waals surface area contributed by atoms with Crippen LogP contribution in [0.4, 0.5) is 0 Å². The lowest BCUT2D eigenvalue weighted by Gasteiger charge is -2.49. The van der Waals surface area contributed by atoms with E-state index in [1.165, 1.54) is 7.11 Å². The molecule has 0 heterocycles. The van der Waals surface area contributed by atoms with Gasteiger partial charge in [-0.1, -0.05) is 30.3 Å². The summed E-state index contributed by atoms with van der Waals surface area (Å²) in [5.41, 5.74) is 1.10. The summed E-state index contributed by atoms with van der Waals surface area (Å²) in [7, 11) is 9.30. The van der Waals surface area contributed by atoms with E-state index in [0.717, 1.165) is 5.56 Å². The standard InChI is InChI=1S/C12H17BNO2/c1-10(12(15)16-3)14(2,13)9-11-7-5-4-6-8-11/h4-8,10H,9H2,1-3H3/t10-,14-/m0/s1. The van der Waals surface area contributed by atoms with Crippen molar-refractivity contribution in [2.45, 2.75) is 19.5 Å². The SMILES string of the molecule is [B-][N@@+](C)(Cc1ccccc1)[C@@H](C)C(=O)OC. The zero-order chi connectivity index (χ0) is 12.2. The number of likely N-dealkylation sites (N-methyl/N-ethyl adjacent to an activating group) is 1. The number of ether oxygens (including phenoxy) is 1. The zero-order valence-corrected chi connectivity index (χ0v) is 10.0. The summed E-state index contributed by atoms with van der Waals surface area (Å²) >= 11 is 0. The summed E-state index contributed by atoms with van der Waals surface area (Å²) in [6, 6.07) is 9.47. The van der Waals surface area contributed by atoms with Gasteiger partial charge in [0.2, 0.25) is 0 Å². The quantitative estimate of drug-likeness (QED) is 0.562. The van der Waals surface area contributed by atoms with E-state index < -0.39 is 0 Å². The number of rotatable bonds is 4. The Hall–Kier alpha value is -1.29. The second-order valence-corrected chi connectivity index (χ2v) is 4.19. The minimum atomic E-state index is -0.384. The molecule has 0 aliphatic rings. The van der Waals surface area contributed by atoms with Crippen LogP contribution in [0.5, 0.6) is 0 Å². The highest BCUT2D eigenvalue weighted by atomic mass is 16.5. The third-order valence-corrected chi connectivity index (χ3v) is 2.79. The van der Waals surface area contributed by atoms with E-state index >= 15 is 0 Å². The van der Waals surface area contributed by atoms with Crippen molar-refractivity contribution >= 4 is 14.0 Å². The Balaban J connectivity index is 2.75. The van der Waals surface area contributed by atoms with E-state index in [0.29, 0.717) is 6.54 Å². The summed E-state index contributed by atoms with van der Waals surface area (Å²) < 4.78 is 4.80. The molecule has 0 N–H and O–H groups in total. The van der Waals surface area contributed by atoms with Crippen molar-refractivity contribution in [3.8, 4) is 0 Å². The van der Waals surface area contributed by atoms with Gasteiger partial charge in [-0.2, -0.15) is 0 Å². The van der Waals surface area contributed by atoms with Crippen molar-refractivity contribution in [3.63, 3.8) is 0 Å². The van der Waals surface area contributed by atoms with E-state index in [9.17, 15) is 4.79 Å². The van der Waals surface area contributed by atoms with Gasteiger partial charge in [0.1, 0.15) is 6.04 Å². The number of quaternary nitrogens is 1. The highest BCUT2D eigenvalue weighted by molar-refractivity contribution is 5.98. The maximum absolute atomic E-state index is 11.4. The Morgan fingerprint density at radius 2 is 2.00 bits per heavy atom. The lowest BCUT2D eigenvalue weighted by Crippen LogP contribution is -2.52. The van der Waals surface area contributed by atoms with Crippen LogP contribution in [0, 0.1) is 0 Å². The molecule has 3 radical (unpaired) electrons. The van der Waals surface area contributed by atoms with Crippen molar-refractivity contribution in [3.05, 3.63) is 35.9 Å². The van der Waals surface area contributed by atoms with Gasteiger partial charge >= 0.3 is 5.97 Å². The predicted octanol–water partition coefficient (Wildman–Crippen LogP) is 1.28. The molecule has 0 spiro atoms. The van der Waals surface area contributed by atoms with Crippen molar-refractivity contribution in [2.24, 2.45) is 0 Å². The molecule has 0 saturated heterocycles. The molecule has 0 fully saturated rings. The number of nitrogens with zero attached hydrogens (tertiary/aromatic N) is 1. The smallest absolute Gasteiger partial charge is 0.359 e. The Bertz CT molecular complexity index is 351. The summed E-state index contributed by atoms with van der Waals surface area (Å²) in [6.45, 7) is 2.37. The second kappa shape index (κ2) is 5.17. The molecule has 0 amide bonds. The van der Waals surface area contributed by atoms with Gasteiger partial charge < -0.3 is 9.13 Å². The first-order valence-corrected chi connectivity index (χ1v) is 5.23. The predicted molar refractivity (Wildman–Crippen MR) is 63.6 cm³/mol. The molecular weight excluding hydrogens is 201 g/mol. The lowest BCUT2D eigenvalue weighted by atomic mass is 10.0. The summed E-state index contributed by atoms with van der Waals surface area (Å²) in [5, 5.41) is 0. The van der Waals surface area contributed by atoms with Gasteiger partial charge in [0.25, 0.3) is 0 Å². The third-order valence-electron chi connectivity index (χ3n) is 2.79. The van der Waals surface area contributed by atoms with Crippen LogP contribution in [0.1, 0.15) is 12.5 Å². The van der Waals surface area contributed by atoms with Crippen LogP contribution in [-0.2, 0) is 16.1 Å². The number of benzene rings is 1. The molecule has 3 nitrogen and oxygen atoms in total. The van der Waals surface area contributed by atoms with Crippen LogP contribution in [-0.4, -0.2) is 38.5 Å². The van der Waals surface area contributed by atoms with Gasteiger partial charge in [-0.3, -0.25) is 0 Å².